The molecule has 2 rings (SSSR count). The second-order valence-electron chi connectivity index (χ2n) is 5.48. The Hall–Kier alpha value is -2.89. The number of ketones is 1. The molecule has 0 bridgehead atoms. The number of nitrogen functional groups attached to an aromatic ring is 1. The fraction of sp³-hybridized carbons (Fsp3) is 0.222. The average molecular weight is 330 g/mol. The Morgan fingerprint density at radius 2 is 1.92 bits per heavy atom. The predicted octanol–water partition coefficient (Wildman–Crippen LogP) is 3.21. The highest BCUT2D eigenvalue weighted by atomic mass is 19.1. The third-order valence-corrected chi connectivity index (χ3v) is 3.54. The van der Waals surface area contributed by atoms with Gasteiger partial charge in [-0.05, 0) is 37.1 Å². The molecule has 0 saturated heterocycles. The van der Waals surface area contributed by atoms with Crippen LogP contribution < -0.4 is 11.1 Å². The van der Waals surface area contributed by atoms with E-state index in [1.807, 2.05) is 30.3 Å². The summed E-state index contributed by atoms with van der Waals surface area (Å²) < 4.78 is 18.5. The van der Waals surface area contributed by atoms with Crippen molar-refractivity contribution in [2.75, 3.05) is 5.73 Å². The van der Waals surface area contributed by atoms with Gasteiger partial charge in [-0.1, -0.05) is 30.3 Å². The van der Waals surface area contributed by atoms with Crippen LogP contribution in [0, 0.1) is 12.7 Å². The minimum atomic E-state index is -0.847. The number of anilines is 1. The molecular formula is C18H19FN2O3. The minimum Gasteiger partial charge on any atom is -0.445 e. The Morgan fingerprint density at radius 3 is 2.58 bits per heavy atom. The zero-order valence-corrected chi connectivity index (χ0v) is 13.5. The fourth-order valence-electron chi connectivity index (χ4n) is 2.15. The van der Waals surface area contributed by atoms with Gasteiger partial charge in [0.05, 0.1) is 6.04 Å². The fourth-order valence-corrected chi connectivity index (χ4v) is 2.15. The summed E-state index contributed by atoms with van der Waals surface area (Å²) in [6.07, 6.45) is -0.711. The first-order chi connectivity index (χ1) is 11.4. The van der Waals surface area contributed by atoms with Gasteiger partial charge in [0.15, 0.2) is 5.78 Å². The molecular weight excluding hydrogens is 311 g/mol. The summed E-state index contributed by atoms with van der Waals surface area (Å²) in [5.74, 6) is -0.890. The van der Waals surface area contributed by atoms with Gasteiger partial charge in [-0.15, -0.1) is 0 Å². The maximum absolute atomic E-state index is 13.4. The summed E-state index contributed by atoms with van der Waals surface area (Å²) in [5.41, 5.74) is 7.05. The first kappa shape index (κ1) is 17.5. The van der Waals surface area contributed by atoms with E-state index in [0.29, 0.717) is 5.56 Å². The van der Waals surface area contributed by atoms with Crippen LogP contribution in [0.1, 0.15) is 28.4 Å². The van der Waals surface area contributed by atoms with Gasteiger partial charge in [-0.2, -0.15) is 0 Å². The molecule has 0 radical (unpaired) electrons. The molecule has 0 unspecified atom stereocenters. The first-order valence-corrected chi connectivity index (χ1v) is 7.45. The molecule has 3 N–H and O–H groups in total. The molecule has 1 amide bonds. The number of nitrogens with one attached hydrogen (secondary N) is 1. The predicted molar refractivity (Wildman–Crippen MR) is 89.1 cm³/mol. The second-order valence-corrected chi connectivity index (χ2v) is 5.48. The molecule has 126 valence electrons. The zero-order chi connectivity index (χ0) is 17.7. The van der Waals surface area contributed by atoms with Crippen LogP contribution in [0.15, 0.2) is 42.5 Å². The van der Waals surface area contributed by atoms with Crippen LogP contribution in [-0.4, -0.2) is 17.9 Å². The van der Waals surface area contributed by atoms with Crippen molar-refractivity contribution in [3.05, 3.63) is 65.0 Å². The Balaban J connectivity index is 1.96. The number of aryl methyl sites for hydroxylation is 1. The van der Waals surface area contributed by atoms with E-state index in [-0.39, 0.29) is 17.9 Å². The van der Waals surface area contributed by atoms with Crippen LogP contribution in [0.25, 0.3) is 0 Å². The van der Waals surface area contributed by atoms with E-state index in [2.05, 4.69) is 5.32 Å². The van der Waals surface area contributed by atoms with Crippen LogP contribution in [0.2, 0.25) is 0 Å². The van der Waals surface area contributed by atoms with E-state index in [9.17, 15) is 14.0 Å². The summed E-state index contributed by atoms with van der Waals surface area (Å²) in [6, 6.07) is 10.8. The highest BCUT2D eigenvalue weighted by molar-refractivity contribution is 6.05. The Labute approximate surface area is 139 Å². The van der Waals surface area contributed by atoms with Crippen LogP contribution in [0.4, 0.5) is 14.9 Å². The van der Waals surface area contributed by atoms with Crippen LogP contribution >= 0.6 is 0 Å². The van der Waals surface area contributed by atoms with Gasteiger partial charge in [-0.3, -0.25) is 4.79 Å². The number of halogens is 1. The zero-order valence-electron chi connectivity index (χ0n) is 13.5. The van der Waals surface area contributed by atoms with Gasteiger partial charge < -0.3 is 15.8 Å². The van der Waals surface area contributed by atoms with Crippen molar-refractivity contribution in [3.8, 4) is 0 Å². The number of carbonyl (C=O) groups is 2. The summed E-state index contributed by atoms with van der Waals surface area (Å²) in [5, 5.41) is 2.45. The lowest BCUT2D eigenvalue weighted by Gasteiger charge is -2.15. The Morgan fingerprint density at radius 1 is 1.25 bits per heavy atom. The van der Waals surface area contributed by atoms with E-state index in [1.165, 1.54) is 19.9 Å². The van der Waals surface area contributed by atoms with Gasteiger partial charge in [0, 0.05) is 11.3 Å². The van der Waals surface area contributed by atoms with E-state index in [4.69, 9.17) is 10.5 Å². The minimum absolute atomic E-state index is 0.0365. The molecule has 2 aromatic rings. The Bertz CT molecular complexity index is 747. The van der Waals surface area contributed by atoms with Gasteiger partial charge in [0.2, 0.25) is 0 Å². The number of hydrogen-bond donors (Lipinski definition) is 2. The van der Waals surface area contributed by atoms with Crippen molar-refractivity contribution >= 4 is 17.6 Å². The first-order valence-electron chi connectivity index (χ1n) is 7.45. The number of amides is 1. The second kappa shape index (κ2) is 7.59. The number of nitrogens with two attached hydrogens (primary N) is 1. The number of carbonyl (C=O) groups excluding carboxylic acids is 2. The molecule has 0 spiro atoms. The average Bonchev–Trinajstić information content (AvgIpc) is 2.56. The molecule has 6 heteroatoms. The summed E-state index contributed by atoms with van der Waals surface area (Å²) in [6.45, 7) is 3.16. The lowest BCUT2D eigenvalue weighted by Crippen LogP contribution is -2.39. The number of Topliss-reactive ketones (excluding diaryl/α,β-unsaturated/α-hetero) is 1. The monoisotopic (exact) mass is 330 g/mol. The van der Waals surface area contributed by atoms with E-state index in [1.54, 1.807) is 0 Å². The van der Waals surface area contributed by atoms with Crippen LogP contribution in [-0.2, 0) is 11.3 Å². The number of hydrogen-bond acceptors (Lipinski definition) is 4. The van der Waals surface area contributed by atoms with Crippen molar-refractivity contribution in [1.82, 2.24) is 5.32 Å². The summed E-state index contributed by atoms with van der Waals surface area (Å²) in [7, 11) is 0. The Kier molecular flexibility index (Phi) is 5.52. The SMILES string of the molecule is Cc1cc(C(=O)[C@H](C)NC(=O)OCc2ccccc2)c(N)cc1F. The van der Waals surface area contributed by atoms with E-state index in [0.717, 1.165) is 11.6 Å². The molecule has 1 atom stereocenters. The number of alkyl carbamates (subject to hydrolysis) is 1. The standard InChI is InChI=1S/C18H19FN2O3/c1-11-8-14(16(20)9-15(11)19)17(22)12(2)21-18(23)24-10-13-6-4-3-5-7-13/h3-9,12H,10,20H2,1-2H3,(H,21,23)/t12-/m0/s1. The highest BCUT2D eigenvalue weighted by Gasteiger charge is 2.21. The topological polar surface area (TPSA) is 81.4 Å². The molecule has 5 nitrogen and oxygen atoms in total. The van der Waals surface area contributed by atoms with Crippen molar-refractivity contribution in [2.45, 2.75) is 26.5 Å². The summed E-state index contributed by atoms with van der Waals surface area (Å²) in [4.78, 5) is 24.2. The van der Waals surface area contributed by atoms with Crippen LogP contribution in [0.5, 0.6) is 0 Å². The number of benzene rings is 2. The molecule has 0 aliphatic heterocycles. The maximum atomic E-state index is 13.4. The number of ether oxygens (including phenoxy) is 1. The highest BCUT2D eigenvalue weighted by Crippen LogP contribution is 2.19. The molecule has 0 aliphatic carbocycles. The molecule has 0 heterocycles. The molecule has 0 fully saturated rings. The molecule has 0 saturated carbocycles. The lowest BCUT2D eigenvalue weighted by atomic mass is 10.0. The quantitative estimate of drug-likeness (QED) is 0.651. The van der Waals surface area contributed by atoms with E-state index < -0.39 is 23.7 Å². The van der Waals surface area contributed by atoms with Gasteiger partial charge in [-0.25, -0.2) is 9.18 Å². The van der Waals surface area contributed by atoms with E-state index >= 15 is 0 Å². The molecule has 2 aromatic carbocycles. The van der Waals surface area contributed by atoms with Gasteiger partial charge >= 0.3 is 6.09 Å². The summed E-state index contributed by atoms with van der Waals surface area (Å²) >= 11 is 0. The van der Waals surface area contributed by atoms with Crippen molar-refractivity contribution in [1.29, 1.82) is 0 Å². The van der Waals surface area contributed by atoms with Crippen molar-refractivity contribution in [3.63, 3.8) is 0 Å². The normalized spacial score (nSPS) is 11.6. The molecule has 0 aromatic heterocycles. The van der Waals surface area contributed by atoms with Crippen molar-refractivity contribution < 1.29 is 18.7 Å². The van der Waals surface area contributed by atoms with Gasteiger partial charge in [0.25, 0.3) is 0 Å². The molecule has 24 heavy (non-hydrogen) atoms. The third kappa shape index (κ3) is 4.32. The molecule has 0 aliphatic rings. The maximum Gasteiger partial charge on any atom is 0.408 e. The number of rotatable bonds is 5. The third-order valence-electron chi connectivity index (χ3n) is 3.54. The smallest absolute Gasteiger partial charge is 0.408 e. The van der Waals surface area contributed by atoms with Crippen LogP contribution in [0.3, 0.4) is 0 Å². The largest absolute Gasteiger partial charge is 0.445 e. The van der Waals surface area contributed by atoms with Gasteiger partial charge in [0.1, 0.15) is 12.4 Å². The van der Waals surface area contributed by atoms with Crippen molar-refractivity contribution in [2.24, 2.45) is 0 Å². The lowest BCUT2D eigenvalue weighted by molar-refractivity contribution is 0.0927.